The number of hydrogen-bond donors (Lipinski definition) is 5. The van der Waals surface area contributed by atoms with Crippen LogP contribution in [0.4, 0.5) is 11.9 Å². The Morgan fingerprint density at radius 2 is 1.38 bits per heavy atom. The average Bonchev–Trinajstić information content (AvgIpc) is 3.87. The van der Waals surface area contributed by atoms with Crippen LogP contribution in [0.3, 0.4) is 0 Å². The zero-order valence-corrected chi connectivity index (χ0v) is 28.7. The van der Waals surface area contributed by atoms with Crippen molar-refractivity contribution in [3.8, 4) is 0 Å². The van der Waals surface area contributed by atoms with Gasteiger partial charge in [0.25, 0.3) is 11.8 Å². The van der Waals surface area contributed by atoms with Crippen LogP contribution in [0, 0.1) is 13.8 Å². The molecule has 0 aliphatic carbocycles. The minimum absolute atomic E-state index is 0.0532. The third-order valence-corrected chi connectivity index (χ3v) is 8.27. The predicted molar refractivity (Wildman–Crippen MR) is 191 cm³/mol. The van der Waals surface area contributed by atoms with Crippen molar-refractivity contribution in [1.82, 2.24) is 33.9 Å². The zero-order valence-electron chi connectivity index (χ0n) is 28.7. The van der Waals surface area contributed by atoms with Crippen molar-refractivity contribution < 1.29 is 28.7 Å². The van der Waals surface area contributed by atoms with Gasteiger partial charge in [-0.25, -0.2) is 15.0 Å². The third kappa shape index (κ3) is 7.15. The minimum atomic E-state index is -0.618. The van der Waals surface area contributed by atoms with Crippen LogP contribution >= 0.6 is 0 Å². The molecule has 0 aliphatic heterocycles. The smallest absolute Gasteiger partial charge is 0.295 e. The number of rotatable bonds is 14. The third-order valence-electron chi connectivity index (χ3n) is 8.27. The lowest BCUT2D eigenvalue weighted by atomic mass is 10.2. The first-order valence-electron chi connectivity index (χ1n) is 16.5. The van der Waals surface area contributed by atoms with Gasteiger partial charge in [0.2, 0.25) is 29.5 Å². The lowest BCUT2D eigenvalue weighted by Crippen LogP contribution is -2.20. The number of aliphatic hydroxyl groups is 1. The van der Waals surface area contributed by atoms with Crippen molar-refractivity contribution in [3.05, 3.63) is 94.5 Å². The molecule has 0 atom stereocenters. The Hall–Kier alpha value is -6.62. The molecule has 0 bridgehead atoms. The molecule has 0 fully saturated rings. The highest BCUT2D eigenvalue weighted by molar-refractivity contribution is 6.04. The molecule has 4 aromatic heterocycles. The van der Waals surface area contributed by atoms with Gasteiger partial charge in [0.15, 0.2) is 5.89 Å². The van der Waals surface area contributed by atoms with Gasteiger partial charge in [-0.1, -0.05) is 19.1 Å². The lowest BCUT2D eigenvalue weighted by Gasteiger charge is -2.10. The van der Waals surface area contributed by atoms with E-state index in [1.165, 1.54) is 4.68 Å². The molecule has 0 saturated carbocycles. The highest BCUT2D eigenvalue weighted by Gasteiger charge is 2.22. The monoisotopic (exact) mass is 707 g/mol. The van der Waals surface area contributed by atoms with Crippen molar-refractivity contribution in [3.63, 3.8) is 0 Å². The van der Waals surface area contributed by atoms with Crippen molar-refractivity contribution in [2.45, 2.75) is 53.2 Å². The molecule has 7 N–H and O–H groups in total. The fourth-order valence-electron chi connectivity index (χ4n) is 5.82. The molecule has 0 radical (unpaired) electrons. The van der Waals surface area contributed by atoms with Gasteiger partial charge in [-0.2, -0.15) is 5.10 Å². The van der Waals surface area contributed by atoms with Crippen molar-refractivity contribution in [1.29, 1.82) is 0 Å². The fourth-order valence-corrected chi connectivity index (χ4v) is 5.82. The SMILES string of the molecule is CCc1nc(C)oc1C(=O)Nc1nc2cc(C(N)=O)ccc2n1CC=CCn1c(NC(=O)c2cc(C)nn2CCCO)nc2cc(C(N)=O)ccc21. The minimum Gasteiger partial charge on any atom is -0.436 e. The van der Waals surface area contributed by atoms with Crippen LogP contribution in [-0.2, 0) is 26.1 Å². The molecule has 0 unspecified atom stereocenters. The highest BCUT2D eigenvalue weighted by Crippen LogP contribution is 2.25. The second-order valence-electron chi connectivity index (χ2n) is 11.9. The number of fused-ring (bicyclic) bond motifs is 2. The number of imidazole rings is 2. The second-order valence-corrected chi connectivity index (χ2v) is 11.9. The van der Waals surface area contributed by atoms with Gasteiger partial charge in [-0.15, -0.1) is 0 Å². The van der Waals surface area contributed by atoms with Crippen LogP contribution in [0.2, 0.25) is 0 Å². The molecule has 2 aromatic carbocycles. The topological polar surface area (TPSA) is 244 Å². The van der Waals surface area contributed by atoms with Gasteiger partial charge >= 0.3 is 0 Å². The second kappa shape index (κ2) is 14.7. The van der Waals surface area contributed by atoms with Crippen LogP contribution < -0.4 is 22.1 Å². The number of allylic oxidation sites excluding steroid dienone is 2. The standard InChI is InChI=1S/C35H37N11O6/c1-4-23-29(52-20(3)38-23)33(51)42-35-40-25-18-22(31(37)49)9-11-27(25)45(35)13-6-5-12-44-26-10-8-21(30(36)48)17-24(26)39-34(44)41-32(50)28-16-19(2)43-46(28)14-7-15-47/h5-6,8-11,16-18,47H,4,7,12-15H2,1-3H3,(H2,36,48)(H2,37,49)(H,39,41,50)(H,40,42,51). The van der Waals surface area contributed by atoms with Gasteiger partial charge in [0.1, 0.15) is 5.69 Å². The number of nitrogens with one attached hydrogen (secondary N) is 2. The normalized spacial score (nSPS) is 11.5. The molecular formula is C35H37N11O6. The van der Waals surface area contributed by atoms with Crippen LogP contribution in [-0.4, -0.2) is 69.2 Å². The van der Waals surface area contributed by atoms with E-state index >= 15 is 0 Å². The van der Waals surface area contributed by atoms with Crippen LogP contribution in [0.25, 0.3) is 22.1 Å². The Morgan fingerprint density at radius 1 is 0.827 bits per heavy atom. The van der Waals surface area contributed by atoms with E-state index in [1.54, 1.807) is 65.4 Å². The number of carbonyl (C=O) groups excluding carboxylic acids is 4. The Morgan fingerprint density at radius 3 is 1.90 bits per heavy atom. The number of benzene rings is 2. The first-order valence-corrected chi connectivity index (χ1v) is 16.5. The van der Waals surface area contributed by atoms with Crippen LogP contribution in [0.15, 0.2) is 59.0 Å². The molecule has 0 spiro atoms. The van der Waals surface area contributed by atoms with E-state index in [9.17, 15) is 24.3 Å². The van der Waals surface area contributed by atoms with E-state index in [1.807, 2.05) is 19.1 Å². The van der Waals surface area contributed by atoms with Gasteiger partial charge in [0.05, 0.1) is 33.5 Å². The molecule has 17 heteroatoms. The van der Waals surface area contributed by atoms with E-state index in [2.05, 4.69) is 30.7 Å². The van der Waals surface area contributed by atoms with Crippen molar-refractivity contribution in [2.75, 3.05) is 17.2 Å². The number of nitrogens with zero attached hydrogens (tertiary/aromatic N) is 7. The summed E-state index contributed by atoms with van der Waals surface area (Å²) >= 11 is 0. The number of aromatic nitrogens is 7. The first kappa shape index (κ1) is 35.2. The summed E-state index contributed by atoms with van der Waals surface area (Å²) in [6.07, 6.45) is 4.60. The molecule has 0 aliphatic rings. The summed E-state index contributed by atoms with van der Waals surface area (Å²) in [7, 11) is 0. The molecule has 4 heterocycles. The maximum absolute atomic E-state index is 13.5. The Labute approximate surface area is 296 Å². The molecule has 6 rings (SSSR count). The maximum atomic E-state index is 13.5. The summed E-state index contributed by atoms with van der Waals surface area (Å²) in [6.45, 7) is 6.07. The summed E-state index contributed by atoms with van der Waals surface area (Å²) in [5, 5.41) is 19.4. The number of aliphatic hydroxyl groups excluding tert-OH is 1. The average molecular weight is 708 g/mol. The molecule has 0 saturated heterocycles. The lowest BCUT2D eigenvalue weighted by molar-refractivity contribution is 0.0987. The molecular weight excluding hydrogens is 670 g/mol. The van der Waals surface area contributed by atoms with Crippen molar-refractivity contribution >= 4 is 57.6 Å². The fraction of sp³-hybridized carbons (Fsp3) is 0.257. The van der Waals surface area contributed by atoms with E-state index in [-0.39, 0.29) is 48.5 Å². The predicted octanol–water partition coefficient (Wildman–Crippen LogP) is 3.09. The van der Waals surface area contributed by atoms with E-state index < -0.39 is 23.6 Å². The van der Waals surface area contributed by atoms with Gasteiger partial charge in [-0.3, -0.25) is 34.5 Å². The van der Waals surface area contributed by atoms with E-state index in [4.69, 9.17) is 15.9 Å². The summed E-state index contributed by atoms with van der Waals surface area (Å²) in [6, 6.07) is 11.3. The number of aryl methyl sites for hydroxylation is 4. The van der Waals surface area contributed by atoms with Gasteiger partial charge in [0, 0.05) is 44.3 Å². The molecule has 4 amide bonds. The number of amides is 4. The Kier molecular flexibility index (Phi) is 9.95. The molecule has 52 heavy (non-hydrogen) atoms. The van der Waals surface area contributed by atoms with E-state index in [0.717, 1.165) is 0 Å². The van der Waals surface area contributed by atoms with Gasteiger partial charge < -0.3 is 30.1 Å². The number of anilines is 2. The molecule has 268 valence electrons. The summed E-state index contributed by atoms with van der Waals surface area (Å²) in [5.41, 5.74) is 15.1. The summed E-state index contributed by atoms with van der Waals surface area (Å²) in [4.78, 5) is 64.1. The van der Waals surface area contributed by atoms with E-state index in [0.29, 0.717) is 64.4 Å². The summed E-state index contributed by atoms with van der Waals surface area (Å²) in [5.74, 6) is -1.35. The Balaban J connectivity index is 1.31. The van der Waals surface area contributed by atoms with Crippen LogP contribution in [0.1, 0.15) is 72.4 Å². The molecule has 6 aromatic rings. The van der Waals surface area contributed by atoms with Gasteiger partial charge in [-0.05, 0) is 62.2 Å². The number of oxazole rings is 1. The number of nitrogens with two attached hydrogens (primary N) is 2. The Bertz CT molecular complexity index is 2380. The molecule has 17 nitrogen and oxygen atoms in total. The van der Waals surface area contributed by atoms with Crippen LogP contribution in [0.5, 0.6) is 0 Å². The zero-order chi connectivity index (χ0) is 37.1. The van der Waals surface area contributed by atoms with Crippen molar-refractivity contribution in [2.24, 2.45) is 11.5 Å². The number of carbonyl (C=O) groups is 4. The highest BCUT2D eigenvalue weighted by atomic mass is 16.4. The number of primary amides is 2. The number of hydrogen-bond acceptors (Lipinski definition) is 10. The quantitative estimate of drug-likeness (QED) is 0.104. The first-order chi connectivity index (χ1) is 25.0. The largest absolute Gasteiger partial charge is 0.436 e. The summed E-state index contributed by atoms with van der Waals surface area (Å²) < 4.78 is 10.6. The maximum Gasteiger partial charge on any atom is 0.295 e.